The topological polar surface area (TPSA) is 93.7 Å². The highest BCUT2D eigenvalue weighted by Crippen LogP contribution is 2.35. The third-order valence-corrected chi connectivity index (χ3v) is 9.46. The number of carbonyl (C=O) groups excluding carboxylic acids is 2. The van der Waals surface area contributed by atoms with Crippen LogP contribution in [0.15, 0.2) is 18.2 Å². The van der Waals surface area contributed by atoms with Gasteiger partial charge in [-0.3, -0.25) is 4.79 Å². The zero-order chi connectivity index (χ0) is 30.4. The van der Waals surface area contributed by atoms with Crippen LogP contribution in [0.2, 0.25) is 0 Å². The van der Waals surface area contributed by atoms with Crippen molar-refractivity contribution < 1.29 is 19.1 Å². The normalized spacial score (nSPS) is 25.1. The molecule has 0 radical (unpaired) electrons. The van der Waals surface area contributed by atoms with Gasteiger partial charge in [-0.1, -0.05) is 73.1 Å². The molecule has 2 fully saturated rings. The van der Waals surface area contributed by atoms with Crippen molar-refractivity contribution in [3.63, 3.8) is 0 Å². The first-order valence-electron chi connectivity index (χ1n) is 16.1. The summed E-state index contributed by atoms with van der Waals surface area (Å²) in [6.07, 6.45) is 10.1. The molecule has 2 heterocycles. The molecule has 1 amide bonds. The summed E-state index contributed by atoms with van der Waals surface area (Å²) in [6.45, 7) is 13.3. The van der Waals surface area contributed by atoms with Crippen molar-refractivity contribution in [3.05, 3.63) is 23.9 Å². The molecule has 2 aromatic rings. The number of aryl methyl sites for hydroxylation is 1. The molecule has 2 aliphatic rings. The first-order chi connectivity index (χ1) is 20.1. The molecule has 232 valence electrons. The van der Waals surface area contributed by atoms with Gasteiger partial charge in [-0.25, -0.2) is 9.97 Å². The number of aldehydes is 1. The van der Waals surface area contributed by atoms with Crippen molar-refractivity contribution >= 4 is 23.2 Å². The van der Waals surface area contributed by atoms with Gasteiger partial charge in [0.05, 0.1) is 36.3 Å². The average molecular weight is 581 g/mol. The Labute approximate surface area is 252 Å². The number of aromatic nitrogens is 2. The number of benzene rings is 1. The van der Waals surface area contributed by atoms with Gasteiger partial charge in [0, 0.05) is 12.0 Å². The molecule has 6 atom stereocenters. The summed E-state index contributed by atoms with van der Waals surface area (Å²) in [5.41, 5.74) is 2.06. The van der Waals surface area contributed by atoms with E-state index in [9.17, 15) is 9.59 Å². The Kier molecular flexibility index (Phi) is 10.8. The van der Waals surface area contributed by atoms with Gasteiger partial charge in [-0.15, -0.1) is 0 Å². The highest BCUT2D eigenvalue weighted by Gasteiger charge is 2.46. The van der Waals surface area contributed by atoms with E-state index in [0.29, 0.717) is 24.5 Å². The standard InChI is InChI=1S/C34H52N4O4/c1-8-41-25-17-18-26-28(19-25)37-32(27(36-26)16-11-9-10-14-24-15-12-13-22(24)2)42-30-20-38(29(21-39)23(30)3)33(40)31(35-7)34(4,5)6/h17-19,21-24,29-31,35H,8-16,20H2,1-7H3/t22?,23-,24+,29?,30-,31+/m0/s1. The second-order valence-corrected chi connectivity index (χ2v) is 13.5. The van der Waals surface area contributed by atoms with E-state index < -0.39 is 12.1 Å². The van der Waals surface area contributed by atoms with E-state index in [1.165, 1.54) is 32.1 Å². The molecular weight excluding hydrogens is 528 g/mol. The van der Waals surface area contributed by atoms with Crippen molar-refractivity contribution in [3.8, 4) is 11.6 Å². The van der Waals surface area contributed by atoms with Gasteiger partial charge in [-0.05, 0) is 56.2 Å². The number of ether oxygens (including phenoxy) is 2. The maximum atomic E-state index is 13.6. The van der Waals surface area contributed by atoms with E-state index in [1.54, 1.807) is 11.9 Å². The summed E-state index contributed by atoms with van der Waals surface area (Å²) in [4.78, 5) is 37.4. The highest BCUT2D eigenvalue weighted by molar-refractivity contribution is 5.86. The van der Waals surface area contributed by atoms with Gasteiger partial charge < -0.3 is 24.5 Å². The van der Waals surface area contributed by atoms with Gasteiger partial charge in [0.25, 0.3) is 0 Å². The number of nitrogens with zero attached hydrogens (tertiary/aromatic N) is 3. The third-order valence-electron chi connectivity index (χ3n) is 9.46. The zero-order valence-corrected chi connectivity index (χ0v) is 26.8. The molecule has 1 aliphatic carbocycles. The van der Waals surface area contributed by atoms with E-state index in [-0.39, 0.29) is 23.3 Å². The molecule has 42 heavy (non-hydrogen) atoms. The number of likely N-dealkylation sites (N-methyl/N-ethyl adjacent to an activating group) is 1. The lowest BCUT2D eigenvalue weighted by Gasteiger charge is -2.34. The quantitative estimate of drug-likeness (QED) is 0.230. The molecule has 2 unspecified atom stereocenters. The van der Waals surface area contributed by atoms with Gasteiger partial charge >= 0.3 is 0 Å². The minimum atomic E-state index is -0.555. The van der Waals surface area contributed by atoms with Crippen LogP contribution in [-0.2, 0) is 16.0 Å². The molecule has 1 N–H and O–H groups in total. The minimum absolute atomic E-state index is 0.0807. The molecule has 8 nitrogen and oxygen atoms in total. The number of likely N-dealkylation sites (tertiary alicyclic amines) is 1. The summed E-state index contributed by atoms with van der Waals surface area (Å²) in [5.74, 6) is 2.72. The fraction of sp³-hybridized carbons (Fsp3) is 0.706. The average Bonchev–Trinajstić information content (AvgIpc) is 3.50. The fourth-order valence-electron chi connectivity index (χ4n) is 6.90. The Morgan fingerprint density at radius 1 is 1.14 bits per heavy atom. The fourth-order valence-corrected chi connectivity index (χ4v) is 6.90. The van der Waals surface area contributed by atoms with Gasteiger partial charge in [0.1, 0.15) is 23.8 Å². The first kappa shape index (κ1) is 32.2. The van der Waals surface area contributed by atoms with Crippen LogP contribution in [0.5, 0.6) is 11.6 Å². The van der Waals surface area contributed by atoms with Crippen LogP contribution in [0.1, 0.15) is 92.2 Å². The maximum Gasteiger partial charge on any atom is 0.240 e. The molecule has 1 saturated carbocycles. The highest BCUT2D eigenvalue weighted by atomic mass is 16.5. The van der Waals surface area contributed by atoms with Crippen LogP contribution in [0.4, 0.5) is 0 Å². The predicted octanol–water partition coefficient (Wildman–Crippen LogP) is 5.99. The molecule has 1 saturated heterocycles. The van der Waals surface area contributed by atoms with Crippen LogP contribution in [0.25, 0.3) is 11.0 Å². The van der Waals surface area contributed by atoms with Crippen molar-refractivity contribution in [1.29, 1.82) is 0 Å². The predicted molar refractivity (Wildman–Crippen MR) is 167 cm³/mol. The molecule has 1 aromatic carbocycles. The molecule has 0 spiro atoms. The second kappa shape index (κ2) is 14.2. The monoisotopic (exact) mass is 580 g/mol. The number of hydrogen-bond donors (Lipinski definition) is 1. The van der Waals surface area contributed by atoms with Crippen LogP contribution in [-0.4, -0.2) is 65.4 Å². The molecule has 1 aliphatic heterocycles. The molecule has 0 bridgehead atoms. The Bertz CT molecular complexity index is 1210. The van der Waals surface area contributed by atoms with Crippen molar-refractivity contribution in [2.45, 2.75) is 111 Å². The molecular formula is C34H52N4O4. The van der Waals surface area contributed by atoms with Gasteiger partial charge in [-0.2, -0.15) is 0 Å². The summed E-state index contributed by atoms with van der Waals surface area (Å²) in [7, 11) is 1.79. The van der Waals surface area contributed by atoms with E-state index in [2.05, 4.69) is 12.2 Å². The largest absolute Gasteiger partial charge is 0.494 e. The zero-order valence-electron chi connectivity index (χ0n) is 26.8. The van der Waals surface area contributed by atoms with Crippen molar-refractivity contribution in [2.75, 3.05) is 20.2 Å². The van der Waals surface area contributed by atoms with Crippen LogP contribution in [0.3, 0.4) is 0 Å². The summed E-state index contributed by atoms with van der Waals surface area (Å²) in [6, 6.07) is 4.81. The lowest BCUT2D eigenvalue weighted by molar-refractivity contribution is -0.139. The maximum absolute atomic E-state index is 13.6. The Morgan fingerprint density at radius 2 is 1.93 bits per heavy atom. The lowest BCUT2D eigenvalue weighted by atomic mass is 9.85. The van der Waals surface area contributed by atoms with Gasteiger partial charge in [0.15, 0.2) is 0 Å². The Morgan fingerprint density at radius 3 is 2.57 bits per heavy atom. The van der Waals surface area contributed by atoms with E-state index in [0.717, 1.165) is 54.3 Å². The van der Waals surface area contributed by atoms with Crippen LogP contribution < -0.4 is 14.8 Å². The number of fused-ring (bicyclic) bond motifs is 1. The Hall–Kier alpha value is -2.74. The number of hydrogen-bond acceptors (Lipinski definition) is 7. The number of unbranched alkanes of at least 4 members (excludes halogenated alkanes) is 2. The molecule has 8 heteroatoms. The molecule has 1 aromatic heterocycles. The van der Waals surface area contributed by atoms with Crippen molar-refractivity contribution in [2.24, 2.45) is 23.2 Å². The summed E-state index contributed by atoms with van der Waals surface area (Å²) in [5, 5.41) is 3.16. The third kappa shape index (κ3) is 7.42. The summed E-state index contributed by atoms with van der Waals surface area (Å²) >= 11 is 0. The second-order valence-electron chi connectivity index (χ2n) is 13.5. The van der Waals surface area contributed by atoms with Crippen molar-refractivity contribution in [1.82, 2.24) is 20.2 Å². The number of carbonyl (C=O) groups is 2. The SMILES string of the molecule is CCOc1ccc2nc(CCCCC[C@@H]3CCCC3C)c(O[C@H]3CN(C(=O)[C@@H](NC)C(C)(C)C)C(C=O)[C@@H]3C)nc2c1. The number of nitrogens with one attached hydrogen (secondary N) is 1. The lowest BCUT2D eigenvalue weighted by Crippen LogP contribution is -2.54. The molecule has 4 rings (SSSR count). The van der Waals surface area contributed by atoms with Crippen LogP contribution in [0, 0.1) is 23.2 Å². The van der Waals surface area contributed by atoms with E-state index in [1.807, 2.05) is 52.8 Å². The Balaban J connectivity index is 1.53. The first-order valence-corrected chi connectivity index (χ1v) is 16.1. The summed E-state index contributed by atoms with van der Waals surface area (Å²) < 4.78 is 12.3. The van der Waals surface area contributed by atoms with E-state index in [4.69, 9.17) is 19.4 Å². The number of rotatable bonds is 13. The van der Waals surface area contributed by atoms with Crippen LogP contribution >= 0.6 is 0 Å². The van der Waals surface area contributed by atoms with Gasteiger partial charge in [0.2, 0.25) is 11.8 Å². The number of amides is 1. The smallest absolute Gasteiger partial charge is 0.240 e. The minimum Gasteiger partial charge on any atom is -0.494 e. The van der Waals surface area contributed by atoms with E-state index >= 15 is 0 Å².